The number of fused-ring (bicyclic) bond motifs is 1. The van der Waals surface area contributed by atoms with E-state index >= 15 is 0 Å². The highest BCUT2D eigenvalue weighted by Gasteiger charge is 2.23. The first-order valence-corrected chi connectivity index (χ1v) is 13.1. The number of amides is 1. The van der Waals surface area contributed by atoms with E-state index in [0.29, 0.717) is 17.7 Å². The summed E-state index contributed by atoms with van der Waals surface area (Å²) in [5.41, 5.74) is 2.59. The standard InChI is InChI=1S/C24H26FN3O3S2/c1-16-3-8-21(33(30,31)27-20-6-4-19(25)5-7-20)13-22(16)24(29)26-14-17(2)28-11-9-23-18(15-28)10-12-32-23/h3-8,10,12-13,17,27H,9,11,14-15H2,1-2H3,(H,26,29). The number of hydrogen-bond acceptors (Lipinski definition) is 5. The highest BCUT2D eigenvalue weighted by Crippen LogP contribution is 2.25. The third kappa shape index (κ3) is 5.43. The van der Waals surface area contributed by atoms with Crippen molar-refractivity contribution in [2.75, 3.05) is 17.8 Å². The summed E-state index contributed by atoms with van der Waals surface area (Å²) in [5.74, 6) is -0.770. The van der Waals surface area contributed by atoms with E-state index in [9.17, 15) is 17.6 Å². The van der Waals surface area contributed by atoms with Crippen LogP contribution in [0.5, 0.6) is 0 Å². The van der Waals surface area contributed by atoms with Crippen molar-refractivity contribution in [1.29, 1.82) is 0 Å². The number of nitrogens with zero attached hydrogens (tertiary/aromatic N) is 1. The van der Waals surface area contributed by atoms with Crippen LogP contribution >= 0.6 is 11.3 Å². The Hall–Kier alpha value is -2.75. The Balaban J connectivity index is 1.42. The number of halogens is 1. The fourth-order valence-corrected chi connectivity index (χ4v) is 5.83. The molecular formula is C24H26FN3O3S2. The number of carbonyl (C=O) groups is 1. The van der Waals surface area contributed by atoms with E-state index < -0.39 is 15.8 Å². The van der Waals surface area contributed by atoms with E-state index in [1.165, 1.54) is 46.8 Å². The van der Waals surface area contributed by atoms with E-state index in [4.69, 9.17) is 0 Å². The van der Waals surface area contributed by atoms with Crippen molar-refractivity contribution in [2.24, 2.45) is 0 Å². The largest absolute Gasteiger partial charge is 0.350 e. The highest BCUT2D eigenvalue weighted by molar-refractivity contribution is 7.92. The van der Waals surface area contributed by atoms with Crippen molar-refractivity contribution in [1.82, 2.24) is 10.2 Å². The first-order valence-electron chi connectivity index (χ1n) is 10.7. The van der Waals surface area contributed by atoms with E-state index in [1.807, 2.05) is 0 Å². The van der Waals surface area contributed by atoms with E-state index in [2.05, 4.69) is 33.3 Å². The molecule has 9 heteroatoms. The zero-order valence-electron chi connectivity index (χ0n) is 18.5. The van der Waals surface area contributed by atoms with Gasteiger partial charge >= 0.3 is 0 Å². The molecule has 1 amide bonds. The van der Waals surface area contributed by atoms with Crippen LogP contribution in [-0.4, -0.2) is 38.4 Å². The number of benzene rings is 2. The van der Waals surface area contributed by atoms with Crippen molar-refractivity contribution in [2.45, 2.75) is 37.8 Å². The van der Waals surface area contributed by atoms with Gasteiger partial charge in [0.2, 0.25) is 0 Å². The van der Waals surface area contributed by atoms with Gasteiger partial charge in [-0.1, -0.05) is 6.07 Å². The van der Waals surface area contributed by atoms with Crippen LogP contribution in [0.3, 0.4) is 0 Å². The Labute approximate surface area is 197 Å². The summed E-state index contributed by atoms with van der Waals surface area (Å²) < 4.78 is 41.1. The van der Waals surface area contributed by atoms with E-state index in [1.54, 1.807) is 24.3 Å². The van der Waals surface area contributed by atoms with Crippen LogP contribution in [0.15, 0.2) is 58.8 Å². The molecule has 2 aromatic carbocycles. The normalized spacial score (nSPS) is 15.0. The molecular weight excluding hydrogens is 461 g/mol. The van der Waals surface area contributed by atoms with E-state index in [-0.39, 0.29) is 22.5 Å². The lowest BCUT2D eigenvalue weighted by molar-refractivity contribution is 0.0932. The van der Waals surface area contributed by atoms with Crippen LogP contribution in [0.2, 0.25) is 0 Å². The molecule has 0 spiro atoms. The van der Waals surface area contributed by atoms with E-state index in [0.717, 1.165) is 19.5 Å². The van der Waals surface area contributed by atoms with Gasteiger partial charge in [0.05, 0.1) is 4.90 Å². The Morgan fingerprint density at radius 1 is 1.18 bits per heavy atom. The van der Waals surface area contributed by atoms with Gasteiger partial charge in [0.1, 0.15) is 5.82 Å². The second kappa shape index (κ2) is 9.62. The SMILES string of the molecule is Cc1ccc(S(=O)(=O)Nc2ccc(F)cc2)cc1C(=O)NCC(C)N1CCc2sccc2C1. The van der Waals surface area contributed by atoms with Crippen LogP contribution in [0.25, 0.3) is 0 Å². The summed E-state index contributed by atoms with van der Waals surface area (Å²) in [6.07, 6.45) is 1.02. The van der Waals surface area contributed by atoms with Crippen molar-refractivity contribution in [3.8, 4) is 0 Å². The van der Waals surface area contributed by atoms with Crippen molar-refractivity contribution >= 4 is 33.0 Å². The second-order valence-corrected chi connectivity index (χ2v) is 10.9. The maximum Gasteiger partial charge on any atom is 0.261 e. The summed E-state index contributed by atoms with van der Waals surface area (Å²) in [5, 5.41) is 5.07. The second-order valence-electron chi connectivity index (χ2n) is 8.24. The molecule has 1 atom stereocenters. The topological polar surface area (TPSA) is 78.5 Å². The number of aryl methyl sites for hydroxylation is 1. The van der Waals surface area contributed by atoms with Gasteiger partial charge < -0.3 is 5.32 Å². The molecule has 1 unspecified atom stereocenters. The molecule has 0 saturated heterocycles. The Bertz CT molecular complexity index is 1260. The molecule has 2 heterocycles. The first kappa shape index (κ1) is 23.4. The predicted octanol–water partition coefficient (Wildman–Crippen LogP) is 4.17. The van der Waals surface area contributed by atoms with Gasteiger partial charge in [-0.15, -0.1) is 11.3 Å². The molecule has 1 aliphatic rings. The lowest BCUT2D eigenvalue weighted by atomic mass is 10.1. The third-order valence-electron chi connectivity index (χ3n) is 5.88. The zero-order chi connectivity index (χ0) is 23.6. The number of rotatable bonds is 7. The molecule has 3 aromatic rings. The Morgan fingerprint density at radius 3 is 2.70 bits per heavy atom. The minimum atomic E-state index is -3.93. The van der Waals surface area contributed by atoms with Crippen LogP contribution in [0.4, 0.5) is 10.1 Å². The Kier molecular flexibility index (Phi) is 6.83. The average Bonchev–Trinajstić information content (AvgIpc) is 3.26. The van der Waals surface area contributed by atoms with Crippen LogP contribution in [0, 0.1) is 12.7 Å². The molecule has 1 aliphatic heterocycles. The number of thiophene rings is 1. The zero-order valence-corrected chi connectivity index (χ0v) is 20.1. The summed E-state index contributed by atoms with van der Waals surface area (Å²) in [6.45, 7) is 6.13. The van der Waals surface area contributed by atoms with Crippen LogP contribution < -0.4 is 10.0 Å². The van der Waals surface area contributed by atoms with Crippen molar-refractivity contribution < 1.29 is 17.6 Å². The van der Waals surface area contributed by atoms with Gasteiger partial charge in [-0.25, -0.2) is 12.8 Å². The molecule has 174 valence electrons. The molecule has 2 N–H and O–H groups in total. The summed E-state index contributed by atoms with van der Waals surface area (Å²) >= 11 is 1.79. The van der Waals surface area contributed by atoms with Gasteiger partial charge in [-0.2, -0.15) is 0 Å². The number of anilines is 1. The fourth-order valence-electron chi connectivity index (χ4n) is 3.86. The van der Waals surface area contributed by atoms with Crippen molar-refractivity contribution in [3.05, 3.63) is 81.3 Å². The average molecular weight is 488 g/mol. The predicted molar refractivity (Wildman–Crippen MR) is 129 cm³/mol. The smallest absolute Gasteiger partial charge is 0.261 e. The lowest BCUT2D eigenvalue weighted by Gasteiger charge is -2.32. The summed E-state index contributed by atoms with van der Waals surface area (Å²) in [6, 6.07) is 11.8. The maximum absolute atomic E-state index is 13.1. The Morgan fingerprint density at radius 2 is 1.94 bits per heavy atom. The molecule has 0 saturated carbocycles. The molecule has 33 heavy (non-hydrogen) atoms. The molecule has 0 bridgehead atoms. The molecule has 6 nitrogen and oxygen atoms in total. The minimum Gasteiger partial charge on any atom is -0.350 e. The molecule has 1 aromatic heterocycles. The quantitative estimate of drug-likeness (QED) is 0.524. The van der Waals surface area contributed by atoms with Gasteiger partial charge in [-0.3, -0.25) is 14.4 Å². The minimum absolute atomic E-state index is 0.0309. The maximum atomic E-state index is 13.1. The van der Waals surface area contributed by atoms with Gasteiger partial charge in [-0.05, 0) is 79.2 Å². The van der Waals surface area contributed by atoms with Gasteiger partial charge in [0.25, 0.3) is 15.9 Å². The van der Waals surface area contributed by atoms with Crippen LogP contribution in [-0.2, 0) is 23.0 Å². The molecule has 4 rings (SSSR count). The highest BCUT2D eigenvalue weighted by atomic mass is 32.2. The first-order chi connectivity index (χ1) is 15.7. The fraction of sp³-hybridized carbons (Fsp3) is 0.292. The van der Waals surface area contributed by atoms with Crippen molar-refractivity contribution in [3.63, 3.8) is 0 Å². The molecule has 0 radical (unpaired) electrons. The number of sulfonamides is 1. The third-order valence-corrected chi connectivity index (χ3v) is 8.28. The lowest BCUT2D eigenvalue weighted by Crippen LogP contribution is -2.44. The molecule has 0 fully saturated rings. The van der Waals surface area contributed by atoms with Gasteiger partial charge in [0, 0.05) is 41.8 Å². The number of carbonyl (C=O) groups excluding carboxylic acids is 1. The number of nitrogens with one attached hydrogen (secondary N) is 2. The number of hydrogen-bond donors (Lipinski definition) is 2. The van der Waals surface area contributed by atoms with Gasteiger partial charge in [0.15, 0.2) is 0 Å². The monoisotopic (exact) mass is 487 g/mol. The summed E-state index contributed by atoms with van der Waals surface area (Å²) in [7, 11) is -3.93. The van der Waals surface area contributed by atoms with Crippen LogP contribution in [0.1, 0.15) is 33.3 Å². The molecule has 0 aliphatic carbocycles. The summed E-state index contributed by atoms with van der Waals surface area (Å²) in [4.78, 5) is 16.6.